The van der Waals surface area contributed by atoms with Crippen LogP contribution < -0.4 is 10.6 Å². The fraction of sp³-hybridized carbons (Fsp3) is 0.500. The lowest BCUT2D eigenvalue weighted by molar-refractivity contribution is 0.481. The molecule has 90 valence electrons. The van der Waals surface area contributed by atoms with Crippen LogP contribution in [0.2, 0.25) is 0 Å². The third-order valence-electron chi connectivity index (χ3n) is 2.39. The van der Waals surface area contributed by atoms with Crippen LogP contribution in [0.5, 0.6) is 0 Å². The molecule has 0 radical (unpaired) electrons. The van der Waals surface area contributed by atoms with E-state index in [9.17, 15) is 8.78 Å². The van der Waals surface area contributed by atoms with Gasteiger partial charge in [-0.2, -0.15) is 0 Å². The molecule has 1 atom stereocenters. The van der Waals surface area contributed by atoms with Crippen molar-refractivity contribution < 1.29 is 8.78 Å². The first-order chi connectivity index (χ1) is 7.65. The predicted octanol–water partition coefficient (Wildman–Crippen LogP) is 2.05. The number of hydrogen-bond donors (Lipinski definition) is 2. The van der Waals surface area contributed by atoms with Crippen molar-refractivity contribution in [1.82, 2.24) is 10.6 Å². The molecule has 0 aliphatic carbocycles. The van der Waals surface area contributed by atoms with Gasteiger partial charge in [0.05, 0.1) is 0 Å². The molecule has 0 aliphatic heterocycles. The van der Waals surface area contributed by atoms with Gasteiger partial charge in [0.1, 0.15) is 11.6 Å². The lowest BCUT2D eigenvalue weighted by atomic mass is 10.2. The number of hydrogen-bond acceptors (Lipinski definition) is 2. The number of likely N-dealkylation sites (N-methyl/N-ethyl adjacent to an activating group) is 1. The molecule has 0 aromatic heterocycles. The number of halogens is 2. The molecule has 0 bridgehead atoms. The van der Waals surface area contributed by atoms with Gasteiger partial charge < -0.3 is 10.6 Å². The topological polar surface area (TPSA) is 24.1 Å². The Balaban J connectivity index is 2.48. The summed E-state index contributed by atoms with van der Waals surface area (Å²) < 4.78 is 26.5. The Morgan fingerprint density at radius 2 is 1.88 bits per heavy atom. The molecule has 1 aromatic carbocycles. The lowest BCUT2D eigenvalue weighted by Crippen LogP contribution is -2.36. The van der Waals surface area contributed by atoms with Gasteiger partial charge in [0, 0.05) is 24.7 Å². The van der Waals surface area contributed by atoms with Crippen molar-refractivity contribution >= 4 is 0 Å². The Kier molecular flexibility index (Phi) is 5.35. The molecular formula is C12H18F2N2. The molecule has 0 saturated carbocycles. The Morgan fingerprint density at radius 3 is 2.44 bits per heavy atom. The molecule has 2 nitrogen and oxygen atoms in total. The number of nitrogens with one attached hydrogen (secondary N) is 2. The van der Waals surface area contributed by atoms with Crippen LogP contribution in [-0.4, -0.2) is 19.1 Å². The molecule has 0 aliphatic rings. The molecule has 0 heterocycles. The van der Waals surface area contributed by atoms with Gasteiger partial charge in [-0.15, -0.1) is 0 Å². The van der Waals surface area contributed by atoms with Crippen molar-refractivity contribution in [2.45, 2.75) is 26.4 Å². The van der Waals surface area contributed by atoms with Gasteiger partial charge in [-0.3, -0.25) is 0 Å². The van der Waals surface area contributed by atoms with Gasteiger partial charge in [-0.1, -0.05) is 13.0 Å². The highest BCUT2D eigenvalue weighted by Crippen LogP contribution is 2.11. The minimum Gasteiger partial charge on any atom is -0.315 e. The van der Waals surface area contributed by atoms with Crippen LogP contribution in [-0.2, 0) is 6.54 Å². The van der Waals surface area contributed by atoms with Crippen molar-refractivity contribution in [2.75, 3.05) is 13.1 Å². The lowest BCUT2D eigenvalue weighted by Gasteiger charge is -2.14. The minimum absolute atomic E-state index is 0.103. The number of benzene rings is 1. The maximum atomic E-state index is 13.3. The van der Waals surface area contributed by atoms with Crippen LogP contribution >= 0.6 is 0 Å². The maximum Gasteiger partial charge on any atom is 0.130 e. The molecule has 4 heteroatoms. The molecule has 1 rings (SSSR count). The average Bonchev–Trinajstić information content (AvgIpc) is 2.25. The van der Waals surface area contributed by atoms with Crippen LogP contribution in [0.3, 0.4) is 0 Å². The quantitative estimate of drug-likeness (QED) is 0.778. The SMILES string of the molecule is CCNCC(C)NCc1c(F)cccc1F. The summed E-state index contributed by atoms with van der Waals surface area (Å²) in [7, 11) is 0. The standard InChI is InChI=1S/C12H18F2N2/c1-3-15-7-9(2)16-8-10-11(13)5-4-6-12(10)14/h4-6,9,15-16H,3,7-8H2,1-2H3. The Morgan fingerprint density at radius 1 is 1.25 bits per heavy atom. The molecule has 16 heavy (non-hydrogen) atoms. The van der Waals surface area contributed by atoms with E-state index in [1.165, 1.54) is 18.2 Å². The first kappa shape index (κ1) is 13.1. The highest BCUT2D eigenvalue weighted by Gasteiger charge is 2.09. The molecule has 0 saturated heterocycles. The van der Waals surface area contributed by atoms with E-state index in [2.05, 4.69) is 10.6 Å². The first-order valence-corrected chi connectivity index (χ1v) is 5.52. The monoisotopic (exact) mass is 228 g/mol. The summed E-state index contributed by atoms with van der Waals surface area (Å²) >= 11 is 0. The van der Waals surface area contributed by atoms with Gasteiger partial charge in [0.25, 0.3) is 0 Å². The average molecular weight is 228 g/mol. The molecule has 2 N–H and O–H groups in total. The highest BCUT2D eigenvalue weighted by molar-refractivity contribution is 5.19. The van der Waals surface area contributed by atoms with Crippen molar-refractivity contribution in [3.63, 3.8) is 0 Å². The fourth-order valence-electron chi connectivity index (χ4n) is 1.41. The zero-order valence-electron chi connectivity index (χ0n) is 9.69. The molecule has 1 unspecified atom stereocenters. The van der Waals surface area contributed by atoms with Crippen molar-refractivity contribution in [1.29, 1.82) is 0 Å². The molecular weight excluding hydrogens is 210 g/mol. The molecule has 0 spiro atoms. The Hall–Kier alpha value is -1.00. The zero-order chi connectivity index (χ0) is 12.0. The normalized spacial score (nSPS) is 12.8. The predicted molar refractivity (Wildman–Crippen MR) is 61.2 cm³/mol. The van der Waals surface area contributed by atoms with Crippen LogP contribution in [0.1, 0.15) is 19.4 Å². The van der Waals surface area contributed by atoms with E-state index in [4.69, 9.17) is 0 Å². The van der Waals surface area contributed by atoms with E-state index >= 15 is 0 Å². The van der Waals surface area contributed by atoms with Crippen molar-refractivity contribution in [2.24, 2.45) is 0 Å². The Bertz CT molecular complexity index is 309. The van der Waals surface area contributed by atoms with E-state index in [0.29, 0.717) is 0 Å². The van der Waals surface area contributed by atoms with Crippen molar-refractivity contribution in [3.8, 4) is 0 Å². The van der Waals surface area contributed by atoms with Crippen LogP contribution in [0.15, 0.2) is 18.2 Å². The smallest absolute Gasteiger partial charge is 0.130 e. The third-order valence-corrected chi connectivity index (χ3v) is 2.39. The first-order valence-electron chi connectivity index (χ1n) is 5.52. The fourth-order valence-corrected chi connectivity index (χ4v) is 1.41. The third kappa shape index (κ3) is 3.87. The van der Waals surface area contributed by atoms with E-state index in [1.54, 1.807) is 0 Å². The molecule has 0 fully saturated rings. The van der Waals surface area contributed by atoms with Crippen LogP contribution in [0, 0.1) is 11.6 Å². The van der Waals surface area contributed by atoms with Crippen LogP contribution in [0.25, 0.3) is 0 Å². The summed E-state index contributed by atoms with van der Waals surface area (Å²) in [6.07, 6.45) is 0. The maximum absolute atomic E-state index is 13.3. The van der Waals surface area contributed by atoms with E-state index in [0.717, 1.165) is 13.1 Å². The van der Waals surface area contributed by atoms with E-state index < -0.39 is 11.6 Å². The summed E-state index contributed by atoms with van der Waals surface area (Å²) in [5, 5.41) is 6.24. The van der Waals surface area contributed by atoms with Crippen molar-refractivity contribution in [3.05, 3.63) is 35.4 Å². The second-order valence-electron chi connectivity index (χ2n) is 3.79. The van der Waals surface area contributed by atoms with Gasteiger partial charge in [0.2, 0.25) is 0 Å². The molecule has 0 amide bonds. The largest absolute Gasteiger partial charge is 0.315 e. The second-order valence-corrected chi connectivity index (χ2v) is 3.79. The zero-order valence-corrected chi connectivity index (χ0v) is 9.69. The summed E-state index contributed by atoms with van der Waals surface area (Å²) in [5.74, 6) is -0.994. The van der Waals surface area contributed by atoms with Gasteiger partial charge >= 0.3 is 0 Å². The van der Waals surface area contributed by atoms with Crippen LogP contribution in [0.4, 0.5) is 8.78 Å². The van der Waals surface area contributed by atoms with E-state index in [1.807, 2.05) is 13.8 Å². The second kappa shape index (κ2) is 6.55. The minimum atomic E-state index is -0.497. The van der Waals surface area contributed by atoms with Gasteiger partial charge in [-0.25, -0.2) is 8.78 Å². The van der Waals surface area contributed by atoms with E-state index in [-0.39, 0.29) is 18.2 Å². The molecule has 1 aromatic rings. The highest BCUT2D eigenvalue weighted by atomic mass is 19.1. The Labute approximate surface area is 95.1 Å². The van der Waals surface area contributed by atoms with Gasteiger partial charge in [0.15, 0.2) is 0 Å². The summed E-state index contributed by atoms with van der Waals surface area (Å²) in [6.45, 7) is 5.88. The van der Waals surface area contributed by atoms with Gasteiger partial charge in [-0.05, 0) is 25.6 Å². The number of rotatable bonds is 6. The summed E-state index contributed by atoms with van der Waals surface area (Å²) in [4.78, 5) is 0. The summed E-state index contributed by atoms with van der Waals surface area (Å²) in [6, 6.07) is 4.10. The summed E-state index contributed by atoms with van der Waals surface area (Å²) in [5.41, 5.74) is 0.103.